The van der Waals surface area contributed by atoms with Crippen LogP contribution in [0.2, 0.25) is 5.02 Å². The van der Waals surface area contributed by atoms with E-state index in [9.17, 15) is 0 Å². The molecule has 0 radical (unpaired) electrons. The fourth-order valence-electron chi connectivity index (χ4n) is 1.23. The standard InChI is InChI=1S/C11H13Cl/c1-3-5-10-6-9(4-2)7-11(12)8-10/h4,6-8H,2-3,5H2,1H3. The van der Waals surface area contributed by atoms with Crippen molar-refractivity contribution in [1.82, 2.24) is 0 Å². The lowest BCUT2D eigenvalue weighted by Gasteiger charge is -2.01. The second kappa shape index (κ2) is 4.32. The number of hydrogen-bond donors (Lipinski definition) is 0. The summed E-state index contributed by atoms with van der Waals surface area (Å²) in [5.74, 6) is 0. The number of benzene rings is 1. The van der Waals surface area contributed by atoms with E-state index in [1.807, 2.05) is 18.2 Å². The Morgan fingerprint density at radius 2 is 2.17 bits per heavy atom. The van der Waals surface area contributed by atoms with Gasteiger partial charge in [0.1, 0.15) is 0 Å². The molecule has 0 N–H and O–H groups in total. The number of halogens is 1. The molecule has 0 atom stereocenters. The maximum absolute atomic E-state index is 5.92. The van der Waals surface area contributed by atoms with Crippen LogP contribution in [0.4, 0.5) is 0 Å². The highest BCUT2D eigenvalue weighted by atomic mass is 35.5. The first kappa shape index (κ1) is 9.34. The number of rotatable bonds is 3. The Bertz CT molecular complexity index is 276. The zero-order chi connectivity index (χ0) is 8.97. The van der Waals surface area contributed by atoms with Gasteiger partial charge in [-0.2, -0.15) is 0 Å². The third kappa shape index (κ3) is 2.38. The van der Waals surface area contributed by atoms with Gasteiger partial charge in [-0.1, -0.05) is 43.7 Å². The van der Waals surface area contributed by atoms with Gasteiger partial charge >= 0.3 is 0 Å². The molecule has 12 heavy (non-hydrogen) atoms. The summed E-state index contributed by atoms with van der Waals surface area (Å²) in [6, 6.07) is 6.06. The Labute approximate surface area is 78.9 Å². The van der Waals surface area contributed by atoms with Crippen LogP contribution in [0.15, 0.2) is 24.8 Å². The smallest absolute Gasteiger partial charge is 0.0414 e. The summed E-state index contributed by atoms with van der Waals surface area (Å²) >= 11 is 5.92. The minimum absolute atomic E-state index is 0.802. The summed E-state index contributed by atoms with van der Waals surface area (Å²) in [5, 5.41) is 0.802. The summed E-state index contributed by atoms with van der Waals surface area (Å²) in [6.45, 7) is 5.88. The molecule has 1 aromatic rings. The Hall–Kier alpha value is -0.750. The second-order valence-corrected chi connectivity index (χ2v) is 3.28. The molecule has 64 valence electrons. The van der Waals surface area contributed by atoms with Crippen LogP contribution in [-0.4, -0.2) is 0 Å². The van der Waals surface area contributed by atoms with Crippen molar-refractivity contribution in [2.24, 2.45) is 0 Å². The molecule has 1 aromatic carbocycles. The van der Waals surface area contributed by atoms with Crippen LogP contribution in [0.1, 0.15) is 24.5 Å². The van der Waals surface area contributed by atoms with Crippen molar-refractivity contribution in [2.45, 2.75) is 19.8 Å². The normalized spacial score (nSPS) is 9.83. The molecule has 1 heteroatoms. The van der Waals surface area contributed by atoms with E-state index in [4.69, 9.17) is 11.6 Å². The van der Waals surface area contributed by atoms with E-state index in [0.29, 0.717) is 0 Å². The van der Waals surface area contributed by atoms with Crippen molar-refractivity contribution < 1.29 is 0 Å². The van der Waals surface area contributed by atoms with Crippen LogP contribution in [-0.2, 0) is 6.42 Å². The van der Waals surface area contributed by atoms with Crippen molar-refractivity contribution in [2.75, 3.05) is 0 Å². The van der Waals surface area contributed by atoms with E-state index in [-0.39, 0.29) is 0 Å². The molecule has 1 rings (SSSR count). The van der Waals surface area contributed by atoms with E-state index in [2.05, 4.69) is 19.6 Å². The van der Waals surface area contributed by atoms with Crippen molar-refractivity contribution in [1.29, 1.82) is 0 Å². The fraction of sp³-hybridized carbons (Fsp3) is 0.273. The van der Waals surface area contributed by atoms with Gasteiger partial charge < -0.3 is 0 Å². The van der Waals surface area contributed by atoms with E-state index in [0.717, 1.165) is 23.4 Å². The van der Waals surface area contributed by atoms with Gasteiger partial charge in [0, 0.05) is 5.02 Å². The zero-order valence-electron chi connectivity index (χ0n) is 7.31. The van der Waals surface area contributed by atoms with Crippen molar-refractivity contribution in [3.8, 4) is 0 Å². The molecular formula is C11H13Cl. The summed E-state index contributed by atoms with van der Waals surface area (Å²) < 4.78 is 0. The molecule has 0 spiro atoms. The van der Waals surface area contributed by atoms with Crippen LogP contribution in [0, 0.1) is 0 Å². The highest BCUT2D eigenvalue weighted by molar-refractivity contribution is 6.30. The van der Waals surface area contributed by atoms with Gasteiger partial charge in [0.25, 0.3) is 0 Å². The molecule has 0 amide bonds. The molecular weight excluding hydrogens is 168 g/mol. The molecule has 0 unspecified atom stereocenters. The average molecular weight is 181 g/mol. The SMILES string of the molecule is C=Cc1cc(Cl)cc(CCC)c1. The van der Waals surface area contributed by atoms with Crippen LogP contribution >= 0.6 is 11.6 Å². The summed E-state index contributed by atoms with van der Waals surface area (Å²) in [4.78, 5) is 0. The highest BCUT2D eigenvalue weighted by Crippen LogP contribution is 2.16. The minimum Gasteiger partial charge on any atom is -0.0985 e. The van der Waals surface area contributed by atoms with Gasteiger partial charge in [-0.15, -0.1) is 0 Å². The van der Waals surface area contributed by atoms with Gasteiger partial charge in [-0.25, -0.2) is 0 Å². The zero-order valence-corrected chi connectivity index (χ0v) is 8.06. The highest BCUT2D eigenvalue weighted by Gasteiger charge is 1.95. The molecule has 0 aromatic heterocycles. The van der Waals surface area contributed by atoms with Crippen LogP contribution < -0.4 is 0 Å². The fourth-order valence-corrected chi connectivity index (χ4v) is 1.49. The van der Waals surface area contributed by atoms with Crippen molar-refractivity contribution >= 4 is 17.7 Å². The summed E-state index contributed by atoms with van der Waals surface area (Å²) in [6.07, 6.45) is 4.06. The quantitative estimate of drug-likeness (QED) is 0.661. The lowest BCUT2D eigenvalue weighted by molar-refractivity contribution is 0.921. The molecule has 0 bridgehead atoms. The van der Waals surface area contributed by atoms with Crippen LogP contribution in [0.5, 0.6) is 0 Å². The predicted octanol–water partition coefficient (Wildman–Crippen LogP) is 3.94. The van der Waals surface area contributed by atoms with Crippen molar-refractivity contribution in [3.05, 3.63) is 40.9 Å². The van der Waals surface area contributed by atoms with Gasteiger partial charge in [0.05, 0.1) is 0 Å². The minimum atomic E-state index is 0.802. The van der Waals surface area contributed by atoms with E-state index >= 15 is 0 Å². The Balaban J connectivity index is 2.97. The third-order valence-electron chi connectivity index (χ3n) is 1.75. The van der Waals surface area contributed by atoms with Gasteiger partial charge in [-0.3, -0.25) is 0 Å². The van der Waals surface area contributed by atoms with Gasteiger partial charge in [-0.05, 0) is 29.7 Å². The Kier molecular flexibility index (Phi) is 3.36. The average Bonchev–Trinajstić information content (AvgIpc) is 2.04. The Morgan fingerprint density at radius 1 is 1.42 bits per heavy atom. The van der Waals surface area contributed by atoms with E-state index in [1.165, 1.54) is 5.56 Å². The first-order chi connectivity index (χ1) is 5.76. The van der Waals surface area contributed by atoms with Gasteiger partial charge in [0.2, 0.25) is 0 Å². The second-order valence-electron chi connectivity index (χ2n) is 2.85. The lowest BCUT2D eigenvalue weighted by atomic mass is 10.1. The van der Waals surface area contributed by atoms with Crippen LogP contribution in [0.25, 0.3) is 6.08 Å². The molecule has 0 fully saturated rings. The Morgan fingerprint density at radius 3 is 2.75 bits per heavy atom. The maximum Gasteiger partial charge on any atom is 0.0414 e. The molecule has 0 aliphatic carbocycles. The third-order valence-corrected chi connectivity index (χ3v) is 1.97. The van der Waals surface area contributed by atoms with E-state index < -0.39 is 0 Å². The topological polar surface area (TPSA) is 0 Å². The van der Waals surface area contributed by atoms with Gasteiger partial charge in [0.15, 0.2) is 0 Å². The molecule has 0 nitrogen and oxygen atoms in total. The monoisotopic (exact) mass is 180 g/mol. The predicted molar refractivity (Wildman–Crippen MR) is 55.5 cm³/mol. The first-order valence-electron chi connectivity index (χ1n) is 4.18. The molecule has 0 aliphatic heterocycles. The molecule has 0 saturated heterocycles. The molecule has 0 saturated carbocycles. The first-order valence-corrected chi connectivity index (χ1v) is 4.56. The van der Waals surface area contributed by atoms with Crippen LogP contribution in [0.3, 0.4) is 0 Å². The van der Waals surface area contributed by atoms with Crippen molar-refractivity contribution in [3.63, 3.8) is 0 Å². The molecule has 0 aliphatic rings. The summed E-state index contributed by atoms with van der Waals surface area (Å²) in [5.41, 5.74) is 2.39. The maximum atomic E-state index is 5.92. The largest absolute Gasteiger partial charge is 0.0985 e. The summed E-state index contributed by atoms with van der Waals surface area (Å²) in [7, 11) is 0. The number of hydrogen-bond acceptors (Lipinski definition) is 0. The lowest BCUT2D eigenvalue weighted by Crippen LogP contribution is -1.84. The number of aryl methyl sites for hydroxylation is 1. The van der Waals surface area contributed by atoms with E-state index in [1.54, 1.807) is 0 Å². The molecule has 0 heterocycles.